The van der Waals surface area contributed by atoms with Crippen molar-refractivity contribution in [3.63, 3.8) is 0 Å². The Labute approximate surface area is 87.7 Å². The van der Waals surface area contributed by atoms with Crippen molar-refractivity contribution in [3.05, 3.63) is 28.0 Å². The van der Waals surface area contributed by atoms with Crippen molar-refractivity contribution in [3.8, 4) is 0 Å². The van der Waals surface area contributed by atoms with Crippen LogP contribution in [-0.4, -0.2) is 12.0 Å². The van der Waals surface area contributed by atoms with Crippen LogP contribution >= 0.6 is 11.3 Å². The average molecular weight is 235 g/mol. The highest BCUT2D eigenvalue weighted by molar-refractivity contribution is 7.12. The molecule has 1 aromatic heterocycles. The molecule has 0 amide bonds. The summed E-state index contributed by atoms with van der Waals surface area (Å²) in [7, 11) is 0. The SMILES string of the molecule is Cc1ccc(/C([O-])=C/C(=O)C(F)(F)F)s1. The minimum atomic E-state index is -4.98. The lowest BCUT2D eigenvalue weighted by Crippen LogP contribution is -2.21. The summed E-state index contributed by atoms with van der Waals surface area (Å²) in [6.45, 7) is 1.72. The number of carbonyl (C=O) groups excluding carboxylic acids is 1. The molecule has 15 heavy (non-hydrogen) atoms. The predicted octanol–water partition coefficient (Wildman–Crippen LogP) is 1.89. The van der Waals surface area contributed by atoms with Crippen LogP contribution in [-0.2, 0) is 4.79 Å². The molecule has 1 rings (SSSR count). The van der Waals surface area contributed by atoms with E-state index in [1.165, 1.54) is 6.07 Å². The van der Waals surface area contributed by atoms with Gasteiger partial charge in [0.1, 0.15) is 0 Å². The van der Waals surface area contributed by atoms with E-state index in [-0.39, 0.29) is 11.0 Å². The van der Waals surface area contributed by atoms with Crippen molar-refractivity contribution < 1.29 is 23.1 Å². The van der Waals surface area contributed by atoms with Gasteiger partial charge in [-0.1, -0.05) is 5.76 Å². The largest absolute Gasteiger partial charge is 0.871 e. The van der Waals surface area contributed by atoms with Gasteiger partial charge in [0.15, 0.2) is 0 Å². The molecule has 6 heteroatoms. The summed E-state index contributed by atoms with van der Waals surface area (Å²) < 4.78 is 35.4. The van der Waals surface area contributed by atoms with Crippen molar-refractivity contribution in [1.82, 2.24) is 0 Å². The van der Waals surface area contributed by atoms with Gasteiger partial charge in [0.2, 0.25) is 0 Å². The highest BCUT2D eigenvalue weighted by Gasteiger charge is 2.36. The van der Waals surface area contributed by atoms with Gasteiger partial charge in [0, 0.05) is 9.75 Å². The number of rotatable bonds is 2. The number of thiophene rings is 1. The van der Waals surface area contributed by atoms with Gasteiger partial charge in [0.25, 0.3) is 5.78 Å². The topological polar surface area (TPSA) is 40.1 Å². The van der Waals surface area contributed by atoms with Gasteiger partial charge in [-0.2, -0.15) is 13.2 Å². The second-order valence-corrected chi connectivity index (χ2v) is 4.07. The zero-order valence-electron chi connectivity index (χ0n) is 7.59. The highest BCUT2D eigenvalue weighted by Crippen LogP contribution is 2.22. The molecule has 1 aromatic rings. The van der Waals surface area contributed by atoms with Crippen LogP contribution in [0.2, 0.25) is 0 Å². The Balaban J connectivity index is 2.90. The van der Waals surface area contributed by atoms with E-state index in [1.54, 1.807) is 13.0 Å². The number of alkyl halides is 3. The Morgan fingerprint density at radius 2 is 2.07 bits per heavy atom. The average Bonchev–Trinajstić information content (AvgIpc) is 2.50. The first-order valence-corrected chi connectivity index (χ1v) is 4.69. The molecule has 0 saturated heterocycles. The van der Waals surface area contributed by atoms with Gasteiger partial charge in [-0.15, -0.1) is 11.3 Å². The molecule has 0 spiro atoms. The van der Waals surface area contributed by atoms with E-state index < -0.39 is 17.7 Å². The Morgan fingerprint density at radius 3 is 2.47 bits per heavy atom. The Hall–Kier alpha value is -1.30. The van der Waals surface area contributed by atoms with Crippen LogP contribution in [0, 0.1) is 6.92 Å². The summed E-state index contributed by atoms with van der Waals surface area (Å²) >= 11 is 1.05. The van der Waals surface area contributed by atoms with Gasteiger partial charge >= 0.3 is 6.18 Å². The first-order chi connectivity index (χ1) is 6.80. The number of hydrogen-bond acceptors (Lipinski definition) is 3. The number of hydrogen-bond donors (Lipinski definition) is 0. The van der Waals surface area contributed by atoms with Crippen LogP contribution in [0.4, 0.5) is 13.2 Å². The lowest BCUT2D eigenvalue weighted by molar-refractivity contribution is -0.243. The minimum absolute atomic E-state index is 0.0747. The molecular formula is C9H6F3O2S-. The van der Waals surface area contributed by atoms with Crippen molar-refractivity contribution in [2.75, 3.05) is 0 Å². The first-order valence-electron chi connectivity index (χ1n) is 3.87. The molecule has 0 atom stereocenters. The molecule has 0 N–H and O–H groups in total. The molecule has 0 unspecified atom stereocenters. The van der Waals surface area contributed by atoms with Gasteiger partial charge < -0.3 is 5.11 Å². The number of ketones is 1. The van der Waals surface area contributed by atoms with Crippen LogP contribution < -0.4 is 5.11 Å². The maximum atomic E-state index is 11.8. The minimum Gasteiger partial charge on any atom is -0.871 e. The fraction of sp³-hybridized carbons (Fsp3) is 0.222. The lowest BCUT2D eigenvalue weighted by Gasteiger charge is -2.09. The maximum Gasteiger partial charge on any atom is 0.454 e. The zero-order chi connectivity index (χ0) is 11.6. The molecule has 0 radical (unpaired) electrons. The third-order valence-electron chi connectivity index (χ3n) is 1.52. The Kier molecular flexibility index (Phi) is 3.18. The summed E-state index contributed by atoms with van der Waals surface area (Å²) in [5, 5.41) is 11.1. The molecular weight excluding hydrogens is 229 g/mol. The van der Waals surface area contributed by atoms with E-state index in [9.17, 15) is 23.1 Å². The normalized spacial score (nSPS) is 12.9. The first kappa shape index (κ1) is 11.8. The van der Waals surface area contributed by atoms with E-state index in [2.05, 4.69) is 0 Å². The third-order valence-corrected chi connectivity index (χ3v) is 2.54. The number of allylic oxidation sites excluding steroid dienone is 1. The monoisotopic (exact) mass is 235 g/mol. The van der Waals surface area contributed by atoms with Crippen molar-refractivity contribution in [2.45, 2.75) is 13.1 Å². The lowest BCUT2D eigenvalue weighted by atomic mass is 10.3. The molecule has 82 valence electrons. The molecule has 0 saturated carbocycles. The molecule has 0 aliphatic heterocycles. The smallest absolute Gasteiger partial charge is 0.454 e. The zero-order valence-corrected chi connectivity index (χ0v) is 8.41. The predicted molar refractivity (Wildman–Crippen MR) is 48.1 cm³/mol. The number of halogens is 3. The van der Waals surface area contributed by atoms with Gasteiger partial charge in [-0.25, -0.2) is 0 Å². The van der Waals surface area contributed by atoms with Gasteiger partial charge in [-0.05, 0) is 25.1 Å². The molecule has 0 bridgehead atoms. The van der Waals surface area contributed by atoms with Crippen LogP contribution in [0.5, 0.6) is 0 Å². The molecule has 0 aliphatic rings. The second-order valence-electron chi connectivity index (χ2n) is 2.78. The summed E-state index contributed by atoms with van der Waals surface area (Å²) in [6.07, 6.45) is -4.91. The van der Waals surface area contributed by atoms with Crippen LogP contribution in [0.15, 0.2) is 18.2 Å². The Bertz CT molecular complexity index is 404. The van der Waals surface area contributed by atoms with Crippen LogP contribution in [0.1, 0.15) is 9.75 Å². The van der Waals surface area contributed by atoms with E-state index in [1.807, 2.05) is 0 Å². The van der Waals surface area contributed by atoms with E-state index in [0.717, 1.165) is 16.2 Å². The molecule has 0 aromatic carbocycles. The summed E-state index contributed by atoms with van der Waals surface area (Å²) in [5.41, 5.74) is 0. The maximum absolute atomic E-state index is 11.8. The van der Waals surface area contributed by atoms with Crippen molar-refractivity contribution in [2.24, 2.45) is 0 Å². The third kappa shape index (κ3) is 3.09. The van der Waals surface area contributed by atoms with E-state index in [4.69, 9.17) is 0 Å². The van der Waals surface area contributed by atoms with E-state index in [0.29, 0.717) is 0 Å². The van der Waals surface area contributed by atoms with Crippen molar-refractivity contribution in [1.29, 1.82) is 0 Å². The summed E-state index contributed by atoms with van der Waals surface area (Å²) in [6, 6.07) is 2.99. The highest BCUT2D eigenvalue weighted by atomic mass is 32.1. The quantitative estimate of drug-likeness (QED) is 0.580. The molecule has 1 heterocycles. The number of aryl methyl sites for hydroxylation is 1. The fourth-order valence-corrected chi connectivity index (χ4v) is 1.62. The van der Waals surface area contributed by atoms with Gasteiger partial charge in [0.05, 0.1) is 0 Å². The number of carbonyl (C=O) groups is 1. The van der Waals surface area contributed by atoms with Crippen LogP contribution in [0.25, 0.3) is 5.76 Å². The molecule has 0 aliphatic carbocycles. The standard InChI is InChI=1S/C9H7F3O2S/c1-5-2-3-7(15-5)6(13)4-8(14)9(10,11)12/h2-4,13H,1H3/p-1/b6-4-. The van der Waals surface area contributed by atoms with Gasteiger partial charge in [-0.3, -0.25) is 4.79 Å². The summed E-state index contributed by atoms with van der Waals surface area (Å²) in [4.78, 5) is 11.4. The second kappa shape index (κ2) is 4.06. The Morgan fingerprint density at radius 1 is 1.47 bits per heavy atom. The van der Waals surface area contributed by atoms with Crippen molar-refractivity contribution >= 4 is 22.9 Å². The van der Waals surface area contributed by atoms with E-state index >= 15 is 0 Å². The van der Waals surface area contributed by atoms with Crippen LogP contribution in [0.3, 0.4) is 0 Å². The summed E-state index contributed by atoms with van der Waals surface area (Å²) in [5.74, 6) is -3.03. The molecule has 0 fully saturated rings. The fourth-order valence-electron chi connectivity index (χ4n) is 0.839. The molecule has 2 nitrogen and oxygen atoms in total.